The average Bonchev–Trinajstić information content (AvgIpc) is 2.79. The molecule has 0 fully saturated rings. The largest absolute Gasteiger partial charge is 0.497 e. The van der Waals surface area contributed by atoms with Crippen LogP contribution >= 0.6 is 0 Å². The van der Waals surface area contributed by atoms with Gasteiger partial charge in [0.2, 0.25) is 0 Å². The fourth-order valence-electron chi connectivity index (χ4n) is 1.67. The summed E-state index contributed by atoms with van der Waals surface area (Å²) in [6.07, 6.45) is 0. The number of methoxy groups -OCH3 is 2. The van der Waals surface area contributed by atoms with E-state index in [1.807, 2.05) is 6.07 Å². The summed E-state index contributed by atoms with van der Waals surface area (Å²) < 4.78 is 14.9. The van der Waals surface area contributed by atoms with Gasteiger partial charge in [-0.3, -0.25) is 4.79 Å². The second kappa shape index (κ2) is 4.45. The third-order valence-electron chi connectivity index (χ3n) is 2.67. The summed E-state index contributed by atoms with van der Waals surface area (Å²) in [5, 5.41) is 4.70. The molecule has 0 bridgehead atoms. The van der Waals surface area contributed by atoms with E-state index in [0.717, 1.165) is 5.39 Å². The second-order valence-corrected chi connectivity index (χ2v) is 3.67. The molecule has 0 saturated heterocycles. The van der Waals surface area contributed by atoms with Crippen LogP contribution in [-0.2, 0) is 9.53 Å². The molecule has 1 aromatic carbocycles. The van der Waals surface area contributed by atoms with Crippen LogP contribution < -0.4 is 4.74 Å². The average molecular weight is 235 g/mol. The highest BCUT2D eigenvalue weighted by atomic mass is 16.5. The maximum atomic E-state index is 11.4. The standard InChI is InChI=1S/C12H13NO4/c1-7(12(14)16-3)11-9-5-4-8(15-2)6-10(9)17-13-11/h4-7H,1-3H3. The van der Waals surface area contributed by atoms with Crippen LogP contribution in [0.5, 0.6) is 5.75 Å². The molecule has 90 valence electrons. The molecule has 1 atom stereocenters. The fourth-order valence-corrected chi connectivity index (χ4v) is 1.67. The van der Waals surface area contributed by atoms with Gasteiger partial charge in [-0.05, 0) is 19.1 Å². The Balaban J connectivity index is 2.46. The molecule has 0 radical (unpaired) electrons. The van der Waals surface area contributed by atoms with Crippen molar-refractivity contribution in [3.63, 3.8) is 0 Å². The van der Waals surface area contributed by atoms with Crippen molar-refractivity contribution < 1.29 is 18.8 Å². The summed E-state index contributed by atoms with van der Waals surface area (Å²) in [5.74, 6) is -0.100. The topological polar surface area (TPSA) is 61.6 Å². The van der Waals surface area contributed by atoms with Gasteiger partial charge in [-0.25, -0.2) is 0 Å². The Hall–Kier alpha value is -2.04. The van der Waals surface area contributed by atoms with Crippen LogP contribution in [-0.4, -0.2) is 25.3 Å². The van der Waals surface area contributed by atoms with Gasteiger partial charge in [0.15, 0.2) is 5.58 Å². The third kappa shape index (κ3) is 1.95. The SMILES string of the molecule is COC(=O)C(C)c1noc2cc(OC)ccc12. The van der Waals surface area contributed by atoms with Gasteiger partial charge < -0.3 is 14.0 Å². The van der Waals surface area contributed by atoms with E-state index in [4.69, 9.17) is 9.26 Å². The molecule has 0 aliphatic heterocycles. The highest BCUT2D eigenvalue weighted by molar-refractivity contribution is 5.87. The maximum absolute atomic E-state index is 11.4. The number of ether oxygens (including phenoxy) is 2. The minimum Gasteiger partial charge on any atom is -0.497 e. The van der Waals surface area contributed by atoms with Gasteiger partial charge in [0, 0.05) is 11.5 Å². The smallest absolute Gasteiger partial charge is 0.314 e. The molecule has 2 rings (SSSR count). The monoisotopic (exact) mass is 235 g/mol. The van der Waals surface area contributed by atoms with Crippen molar-refractivity contribution in [3.05, 3.63) is 23.9 Å². The minimum atomic E-state index is -0.449. The zero-order valence-corrected chi connectivity index (χ0v) is 9.89. The van der Waals surface area contributed by atoms with Crippen molar-refractivity contribution in [2.24, 2.45) is 0 Å². The summed E-state index contributed by atoms with van der Waals surface area (Å²) in [4.78, 5) is 11.4. The van der Waals surface area contributed by atoms with Crippen molar-refractivity contribution in [1.82, 2.24) is 5.16 Å². The van der Waals surface area contributed by atoms with Gasteiger partial charge in [-0.2, -0.15) is 0 Å². The van der Waals surface area contributed by atoms with Gasteiger partial charge in [0.25, 0.3) is 0 Å². The quantitative estimate of drug-likeness (QED) is 0.762. The van der Waals surface area contributed by atoms with E-state index in [-0.39, 0.29) is 5.97 Å². The summed E-state index contributed by atoms with van der Waals surface area (Å²) in [6, 6.07) is 5.35. The Kier molecular flexibility index (Phi) is 2.99. The van der Waals surface area contributed by atoms with E-state index in [1.165, 1.54) is 7.11 Å². The normalized spacial score (nSPS) is 12.4. The zero-order valence-electron chi connectivity index (χ0n) is 9.89. The predicted molar refractivity (Wildman–Crippen MR) is 61.0 cm³/mol. The van der Waals surface area contributed by atoms with Crippen LogP contribution in [0.4, 0.5) is 0 Å². The lowest BCUT2D eigenvalue weighted by molar-refractivity contribution is -0.142. The van der Waals surface area contributed by atoms with Gasteiger partial charge in [0.05, 0.1) is 14.2 Å². The molecule has 0 aliphatic rings. The van der Waals surface area contributed by atoms with Crippen molar-refractivity contribution in [3.8, 4) is 5.75 Å². The molecule has 1 heterocycles. The molecule has 0 spiro atoms. The van der Waals surface area contributed by atoms with Crippen LogP contribution in [0.2, 0.25) is 0 Å². The number of aromatic nitrogens is 1. The summed E-state index contributed by atoms with van der Waals surface area (Å²) in [5.41, 5.74) is 1.17. The van der Waals surface area contributed by atoms with Crippen LogP contribution in [0.15, 0.2) is 22.7 Å². The number of esters is 1. The molecule has 0 amide bonds. The Morgan fingerprint density at radius 1 is 1.41 bits per heavy atom. The highest BCUT2D eigenvalue weighted by Crippen LogP contribution is 2.28. The molecule has 1 unspecified atom stereocenters. The Bertz CT molecular complexity index is 546. The van der Waals surface area contributed by atoms with Crippen LogP contribution in [0, 0.1) is 0 Å². The van der Waals surface area contributed by atoms with E-state index in [0.29, 0.717) is 17.0 Å². The fraction of sp³-hybridized carbons (Fsp3) is 0.333. The van der Waals surface area contributed by atoms with Crippen molar-refractivity contribution in [2.75, 3.05) is 14.2 Å². The molecular formula is C12H13NO4. The molecular weight excluding hydrogens is 222 g/mol. The summed E-state index contributed by atoms with van der Waals surface area (Å²) in [7, 11) is 2.93. The van der Waals surface area contributed by atoms with E-state index >= 15 is 0 Å². The van der Waals surface area contributed by atoms with Crippen LogP contribution in [0.25, 0.3) is 11.0 Å². The Labute approximate surface area is 98.3 Å². The zero-order chi connectivity index (χ0) is 12.4. The first-order chi connectivity index (χ1) is 8.17. The van der Waals surface area contributed by atoms with Crippen LogP contribution in [0.1, 0.15) is 18.5 Å². The number of benzene rings is 1. The minimum absolute atomic E-state index is 0.337. The molecule has 0 saturated carbocycles. The summed E-state index contributed by atoms with van der Waals surface area (Å²) >= 11 is 0. The van der Waals surface area contributed by atoms with Crippen molar-refractivity contribution in [1.29, 1.82) is 0 Å². The van der Waals surface area contributed by atoms with Gasteiger partial charge >= 0.3 is 5.97 Å². The lowest BCUT2D eigenvalue weighted by atomic mass is 10.0. The number of carbonyl (C=O) groups excluding carboxylic acids is 1. The molecule has 1 aromatic heterocycles. The molecule has 5 heteroatoms. The van der Waals surface area contributed by atoms with Gasteiger partial charge in [-0.15, -0.1) is 0 Å². The van der Waals surface area contributed by atoms with Crippen molar-refractivity contribution >= 4 is 16.9 Å². The summed E-state index contributed by atoms with van der Waals surface area (Å²) in [6.45, 7) is 1.73. The number of fused-ring (bicyclic) bond motifs is 1. The van der Waals surface area contributed by atoms with E-state index in [1.54, 1.807) is 26.2 Å². The van der Waals surface area contributed by atoms with Crippen molar-refractivity contribution in [2.45, 2.75) is 12.8 Å². The van der Waals surface area contributed by atoms with Gasteiger partial charge in [0.1, 0.15) is 17.4 Å². The first-order valence-electron chi connectivity index (χ1n) is 5.18. The predicted octanol–water partition coefficient (Wildman–Crippen LogP) is 2.11. The third-order valence-corrected chi connectivity index (χ3v) is 2.67. The van der Waals surface area contributed by atoms with E-state index in [2.05, 4.69) is 9.89 Å². The Morgan fingerprint density at radius 2 is 2.18 bits per heavy atom. The molecule has 17 heavy (non-hydrogen) atoms. The lowest BCUT2D eigenvalue weighted by Crippen LogP contribution is -2.11. The number of hydrogen-bond acceptors (Lipinski definition) is 5. The van der Waals surface area contributed by atoms with E-state index < -0.39 is 5.92 Å². The first kappa shape index (κ1) is 11.4. The molecule has 2 aromatic rings. The first-order valence-corrected chi connectivity index (χ1v) is 5.18. The Morgan fingerprint density at radius 3 is 2.82 bits per heavy atom. The molecule has 0 N–H and O–H groups in total. The number of rotatable bonds is 3. The lowest BCUT2D eigenvalue weighted by Gasteiger charge is -2.05. The maximum Gasteiger partial charge on any atom is 0.314 e. The number of hydrogen-bond donors (Lipinski definition) is 0. The highest BCUT2D eigenvalue weighted by Gasteiger charge is 2.22. The molecule has 0 aliphatic carbocycles. The van der Waals surface area contributed by atoms with E-state index in [9.17, 15) is 4.79 Å². The second-order valence-electron chi connectivity index (χ2n) is 3.67. The van der Waals surface area contributed by atoms with Gasteiger partial charge in [-0.1, -0.05) is 5.16 Å². The molecule has 5 nitrogen and oxygen atoms in total. The number of carbonyl (C=O) groups is 1. The number of nitrogens with zero attached hydrogens (tertiary/aromatic N) is 1. The van der Waals surface area contributed by atoms with Crippen LogP contribution in [0.3, 0.4) is 0 Å².